The van der Waals surface area contributed by atoms with Crippen molar-refractivity contribution in [1.29, 1.82) is 0 Å². The molecule has 0 atom stereocenters. The van der Waals surface area contributed by atoms with Gasteiger partial charge < -0.3 is 14.8 Å². The van der Waals surface area contributed by atoms with Crippen molar-refractivity contribution in [1.82, 2.24) is 9.97 Å². The molecule has 0 radical (unpaired) electrons. The molecule has 9 heteroatoms. The molecule has 1 rings (SSSR count). The van der Waals surface area contributed by atoms with Gasteiger partial charge in [0, 0.05) is 6.54 Å². The maximum atomic E-state index is 10.9. The van der Waals surface area contributed by atoms with Crippen LogP contribution < -0.4 is 10.1 Å². The molecule has 0 bridgehead atoms. The first kappa shape index (κ1) is 13.6. The number of carbonyl (C=O) groups is 1. The summed E-state index contributed by atoms with van der Waals surface area (Å²) in [5, 5.41) is 13.5. The van der Waals surface area contributed by atoms with Crippen molar-refractivity contribution in [3.05, 3.63) is 16.4 Å². The second-order valence-corrected chi connectivity index (χ2v) is 3.09. The van der Waals surface area contributed by atoms with E-state index in [9.17, 15) is 14.9 Å². The molecule has 0 unspecified atom stereocenters. The summed E-state index contributed by atoms with van der Waals surface area (Å²) in [6.07, 6.45) is 1.20. The number of aromatic nitrogens is 2. The van der Waals surface area contributed by atoms with E-state index >= 15 is 0 Å². The molecule has 0 amide bonds. The zero-order chi connectivity index (χ0) is 13.5. The molecular formula is C9H12N4O5. The number of methoxy groups -OCH3 is 2. The van der Waals surface area contributed by atoms with Crippen LogP contribution in [0, 0.1) is 10.1 Å². The van der Waals surface area contributed by atoms with Crippen LogP contribution in [0.5, 0.6) is 5.88 Å². The second-order valence-electron chi connectivity index (χ2n) is 3.09. The van der Waals surface area contributed by atoms with Gasteiger partial charge in [-0.2, -0.15) is 4.98 Å². The highest BCUT2D eigenvalue weighted by molar-refractivity contribution is 5.70. The second kappa shape index (κ2) is 6.33. The van der Waals surface area contributed by atoms with E-state index in [1.54, 1.807) is 0 Å². The third-order valence-corrected chi connectivity index (χ3v) is 2.01. The standard InChI is InChI=1S/C9H12N4O5/c1-17-6(14)3-4-10-8-7(13(15)16)9(18-2)12-5-11-8/h5H,3-4H2,1-2H3,(H,10,11,12). The summed E-state index contributed by atoms with van der Waals surface area (Å²) < 4.78 is 9.21. The van der Waals surface area contributed by atoms with Crippen LogP contribution in [0.25, 0.3) is 0 Å². The molecule has 0 saturated heterocycles. The third-order valence-electron chi connectivity index (χ3n) is 2.01. The van der Waals surface area contributed by atoms with E-state index in [2.05, 4.69) is 20.0 Å². The zero-order valence-corrected chi connectivity index (χ0v) is 9.87. The Kier molecular flexibility index (Phi) is 4.78. The lowest BCUT2D eigenvalue weighted by Gasteiger charge is -2.06. The van der Waals surface area contributed by atoms with E-state index in [4.69, 9.17) is 4.74 Å². The number of esters is 1. The molecule has 1 aromatic heterocycles. The van der Waals surface area contributed by atoms with E-state index < -0.39 is 10.9 Å². The van der Waals surface area contributed by atoms with Gasteiger partial charge in [0.25, 0.3) is 5.88 Å². The maximum absolute atomic E-state index is 10.9. The number of hydrogen-bond donors (Lipinski definition) is 1. The molecule has 0 aliphatic rings. The van der Waals surface area contributed by atoms with E-state index in [0.29, 0.717) is 0 Å². The number of hydrogen-bond acceptors (Lipinski definition) is 8. The molecule has 1 heterocycles. The Morgan fingerprint density at radius 2 is 2.22 bits per heavy atom. The molecule has 0 fully saturated rings. The molecule has 1 aromatic rings. The molecule has 0 saturated carbocycles. The van der Waals surface area contributed by atoms with Gasteiger partial charge in [0.2, 0.25) is 5.82 Å². The van der Waals surface area contributed by atoms with Crippen molar-refractivity contribution in [2.45, 2.75) is 6.42 Å². The molecule has 0 aromatic carbocycles. The van der Waals surface area contributed by atoms with Crippen molar-refractivity contribution >= 4 is 17.5 Å². The normalized spacial score (nSPS) is 9.67. The van der Waals surface area contributed by atoms with Gasteiger partial charge in [-0.25, -0.2) is 4.98 Å². The van der Waals surface area contributed by atoms with Gasteiger partial charge in [-0.1, -0.05) is 0 Å². The highest BCUT2D eigenvalue weighted by atomic mass is 16.6. The SMILES string of the molecule is COC(=O)CCNc1ncnc(OC)c1[N+](=O)[O-]. The number of nitro groups is 1. The van der Waals surface area contributed by atoms with E-state index in [1.165, 1.54) is 14.2 Å². The first-order chi connectivity index (χ1) is 8.60. The summed E-state index contributed by atoms with van der Waals surface area (Å²) in [5.74, 6) is -0.572. The van der Waals surface area contributed by atoms with Crippen LogP contribution in [0.3, 0.4) is 0 Å². The number of anilines is 1. The lowest BCUT2D eigenvalue weighted by Crippen LogP contribution is -2.12. The molecule has 0 spiro atoms. The average molecular weight is 256 g/mol. The topological polar surface area (TPSA) is 116 Å². The summed E-state index contributed by atoms with van der Waals surface area (Å²) in [6.45, 7) is 0.160. The third kappa shape index (κ3) is 3.27. The van der Waals surface area contributed by atoms with Crippen molar-refractivity contribution in [3.63, 3.8) is 0 Å². The van der Waals surface area contributed by atoms with Crippen LogP contribution in [0.1, 0.15) is 6.42 Å². The number of carbonyl (C=O) groups excluding carboxylic acids is 1. The van der Waals surface area contributed by atoms with Gasteiger partial charge in [0.1, 0.15) is 6.33 Å². The number of ether oxygens (including phenoxy) is 2. The summed E-state index contributed by atoms with van der Waals surface area (Å²) in [4.78, 5) is 28.5. The Bertz CT molecular complexity index is 451. The molecule has 0 aliphatic heterocycles. The molecule has 18 heavy (non-hydrogen) atoms. The lowest BCUT2D eigenvalue weighted by molar-refractivity contribution is -0.385. The highest BCUT2D eigenvalue weighted by Gasteiger charge is 2.23. The predicted octanol–water partition coefficient (Wildman–Crippen LogP) is 0.368. The quantitative estimate of drug-likeness (QED) is 0.440. The Hall–Kier alpha value is -2.45. The van der Waals surface area contributed by atoms with Crippen LogP contribution in [0.2, 0.25) is 0 Å². The van der Waals surface area contributed by atoms with Gasteiger partial charge in [-0.3, -0.25) is 14.9 Å². The van der Waals surface area contributed by atoms with Crippen LogP contribution in [-0.2, 0) is 9.53 Å². The van der Waals surface area contributed by atoms with Gasteiger partial charge in [-0.05, 0) is 0 Å². The fourth-order valence-electron chi connectivity index (χ4n) is 1.19. The summed E-state index contributed by atoms with van der Waals surface area (Å²) in [7, 11) is 2.53. The van der Waals surface area contributed by atoms with Crippen LogP contribution >= 0.6 is 0 Å². The van der Waals surface area contributed by atoms with Crippen molar-refractivity contribution in [2.24, 2.45) is 0 Å². The first-order valence-electron chi connectivity index (χ1n) is 4.94. The molecule has 9 nitrogen and oxygen atoms in total. The first-order valence-corrected chi connectivity index (χ1v) is 4.94. The van der Waals surface area contributed by atoms with Crippen LogP contribution in [-0.4, -0.2) is 41.6 Å². The van der Waals surface area contributed by atoms with Crippen molar-refractivity contribution < 1.29 is 19.2 Å². The average Bonchev–Trinajstić information content (AvgIpc) is 2.37. The predicted molar refractivity (Wildman–Crippen MR) is 60.4 cm³/mol. The minimum atomic E-state index is -0.653. The Morgan fingerprint density at radius 1 is 1.50 bits per heavy atom. The molecule has 1 N–H and O–H groups in total. The summed E-state index contributed by atoms with van der Waals surface area (Å²) in [5.41, 5.74) is -0.370. The fraction of sp³-hybridized carbons (Fsp3) is 0.444. The zero-order valence-electron chi connectivity index (χ0n) is 9.87. The van der Waals surface area contributed by atoms with Crippen LogP contribution in [0.15, 0.2) is 6.33 Å². The van der Waals surface area contributed by atoms with E-state index in [0.717, 1.165) is 6.33 Å². The lowest BCUT2D eigenvalue weighted by atomic mass is 10.4. The summed E-state index contributed by atoms with van der Waals surface area (Å²) in [6, 6.07) is 0. The Labute approximate surface area is 102 Å². The fourth-order valence-corrected chi connectivity index (χ4v) is 1.19. The smallest absolute Gasteiger partial charge is 0.372 e. The Balaban J connectivity index is 2.82. The number of nitrogens with one attached hydrogen (secondary N) is 1. The van der Waals surface area contributed by atoms with Gasteiger partial charge in [0.15, 0.2) is 0 Å². The number of rotatable bonds is 6. The van der Waals surface area contributed by atoms with Crippen molar-refractivity contribution in [3.8, 4) is 5.88 Å². The monoisotopic (exact) mass is 256 g/mol. The Morgan fingerprint density at radius 3 is 2.78 bits per heavy atom. The van der Waals surface area contributed by atoms with Crippen molar-refractivity contribution in [2.75, 3.05) is 26.1 Å². The maximum Gasteiger partial charge on any atom is 0.372 e. The summed E-state index contributed by atoms with van der Waals surface area (Å²) >= 11 is 0. The van der Waals surface area contributed by atoms with Gasteiger partial charge in [-0.15, -0.1) is 0 Å². The van der Waals surface area contributed by atoms with Gasteiger partial charge >= 0.3 is 11.7 Å². The minimum absolute atomic E-state index is 0.00393. The highest BCUT2D eigenvalue weighted by Crippen LogP contribution is 2.30. The number of nitrogens with zero attached hydrogens (tertiary/aromatic N) is 3. The largest absolute Gasteiger partial charge is 0.476 e. The van der Waals surface area contributed by atoms with Crippen LogP contribution in [0.4, 0.5) is 11.5 Å². The van der Waals surface area contributed by atoms with E-state index in [1.807, 2.05) is 0 Å². The van der Waals surface area contributed by atoms with Gasteiger partial charge in [0.05, 0.1) is 25.6 Å². The van der Waals surface area contributed by atoms with E-state index in [-0.39, 0.29) is 30.4 Å². The molecular weight excluding hydrogens is 244 g/mol. The molecule has 0 aliphatic carbocycles. The molecule has 98 valence electrons. The minimum Gasteiger partial charge on any atom is -0.476 e.